The Morgan fingerprint density at radius 1 is 0.194 bits per heavy atom. The zero-order valence-corrected chi connectivity index (χ0v) is 62.1. The topological polar surface area (TPSA) is 12.5 Å². The van der Waals surface area contributed by atoms with E-state index in [4.69, 9.17) is 0 Å². The summed E-state index contributed by atoms with van der Waals surface area (Å²) >= 11 is 7.29. The molecule has 4 heterocycles. The normalized spacial score (nSPS) is 14.4. The van der Waals surface area contributed by atoms with Crippen molar-refractivity contribution >= 4 is 134 Å². The lowest BCUT2D eigenvalue weighted by molar-refractivity contribution is 1.10. The van der Waals surface area contributed by atoms with Gasteiger partial charge in [0.1, 0.15) is 10.0 Å². The Morgan fingerprint density at radius 3 is 0.704 bits per heavy atom. The van der Waals surface area contributed by atoms with E-state index in [0.29, 0.717) is 0 Å². The number of hydrogen-bond donors (Lipinski definition) is 0. The van der Waals surface area contributed by atoms with Gasteiger partial charge in [-0.15, -0.1) is 31.8 Å². The zero-order valence-electron chi connectivity index (χ0n) is 58.8. The van der Waals surface area contributed by atoms with Crippen LogP contribution in [0.2, 0.25) is 0 Å². The fourth-order valence-corrected chi connectivity index (χ4v) is 20.0. The molecule has 0 spiro atoms. The highest BCUT2D eigenvalue weighted by Gasteiger charge is 2.45. The maximum Gasteiger partial charge on any atom is 0.259 e. The summed E-state index contributed by atoms with van der Waals surface area (Å²) in [5, 5.41) is 9.12. The molecule has 14 aromatic carbocycles. The first-order valence-electron chi connectivity index (χ1n) is 36.3. The maximum absolute atomic E-state index is 2.50. The number of benzene rings is 14. The summed E-state index contributed by atoms with van der Waals surface area (Å²) in [6.45, 7) is 0. The van der Waals surface area contributed by atoms with Gasteiger partial charge in [0.25, 0.3) is 10.1 Å². The molecule has 2 aliphatic rings. The minimum absolute atomic E-state index is 1.03. The highest BCUT2D eigenvalue weighted by molar-refractivity contribution is 8.23. The number of para-hydroxylation sites is 4. The lowest BCUT2D eigenvalue weighted by Crippen LogP contribution is -2.15. The molecule has 8 heteroatoms. The largest absolute Gasteiger partial charge is 0.301 e. The summed E-state index contributed by atoms with van der Waals surface area (Å²) in [5.41, 5.74) is 27.0. The lowest BCUT2D eigenvalue weighted by Gasteiger charge is -2.26. The summed E-state index contributed by atoms with van der Waals surface area (Å²) in [7, 11) is 0. The summed E-state index contributed by atoms with van der Waals surface area (Å²) < 4.78 is 5.00. The molecular weight excluding hydrogens is 1390 g/mol. The van der Waals surface area contributed by atoms with Gasteiger partial charge in [-0.1, -0.05) is 315 Å². The zero-order chi connectivity index (χ0) is 72.0. The number of nitrogens with zero attached hydrogens (tertiary/aromatic N) is 4. The molecule has 2 aromatic heterocycles. The van der Waals surface area contributed by atoms with E-state index >= 15 is 0 Å². The highest BCUT2D eigenvalue weighted by Crippen LogP contribution is 2.60. The van der Waals surface area contributed by atoms with Crippen LogP contribution in [0.1, 0.15) is 22.3 Å². The molecule has 0 fully saturated rings. The Bertz CT molecular complexity index is 5620. The molecule has 0 aliphatic carbocycles. The van der Waals surface area contributed by atoms with Gasteiger partial charge in [0.15, 0.2) is 0 Å². The van der Waals surface area contributed by atoms with E-state index in [1.807, 2.05) is 23.5 Å². The third-order valence-corrected chi connectivity index (χ3v) is 24.1. The van der Waals surface area contributed by atoms with E-state index in [0.717, 1.165) is 120 Å². The highest BCUT2D eigenvalue weighted by atomic mass is 32.2. The number of anilines is 6. The van der Waals surface area contributed by atoms with Crippen molar-refractivity contribution in [3.05, 3.63) is 455 Å². The van der Waals surface area contributed by atoms with Crippen molar-refractivity contribution in [3.8, 4) is 44.5 Å². The van der Waals surface area contributed by atoms with Crippen molar-refractivity contribution in [2.75, 3.05) is 9.80 Å². The first kappa shape index (κ1) is 67.2. The summed E-state index contributed by atoms with van der Waals surface area (Å²) in [5.74, 6) is 0. The predicted molar refractivity (Wildman–Crippen MR) is 467 cm³/mol. The van der Waals surface area contributed by atoms with Crippen LogP contribution in [-0.2, 0) is 0 Å². The van der Waals surface area contributed by atoms with E-state index in [2.05, 4.69) is 442 Å². The van der Waals surface area contributed by atoms with Crippen molar-refractivity contribution in [3.63, 3.8) is 0 Å². The van der Waals surface area contributed by atoms with Gasteiger partial charge < -0.3 is 9.80 Å². The van der Waals surface area contributed by atoms with Crippen LogP contribution in [0, 0.1) is 0 Å². The van der Waals surface area contributed by atoms with Gasteiger partial charge in [-0.2, -0.15) is 0 Å². The van der Waals surface area contributed by atoms with Crippen LogP contribution in [0.15, 0.2) is 433 Å². The van der Waals surface area contributed by atoms with Crippen LogP contribution in [0.3, 0.4) is 0 Å². The third kappa shape index (κ3) is 13.2. The molecule has 0 bridgehead atoms. The Morgan fingerprint density at radius 2 is 0.417 bits per heavy atom. The minimum atomic E-state index is 1.03. The molecule has 0 radical (unpaired) electrons. The van der Waals surface area contributed by atoms with E-state index in [1.54, 1.807) is 22.7 Å². The molecule has 16 aromatic rings. The predicted octanol–water partition coefficient (Wildman–Crippen LogP) is 28.5. The SMILES string of the molecule is c1ccc(C2=C(c3ccccc3)/C(=C3/SC(=[N+](c4ccccc4)c4ccc(N(c5ccccc5)c5scc(-c6ccccc6)c5-c5ccccc5)cc4)C(c4ccccc4)=C3c3ccccc3)SC2=[N+](c2ccccc2)c2ccc(N(c3ccccc3)c3scc(-c4ccccc4)c3-c3ccccc3)cc2)cc1. The van der Waals surface area contributed by atoms with Gasteiger partial charge in [0.05, 0.1) is 11.1 Å². The standard InChI is InChI=1S/C100H70N4S4/c1-13-37-71(38-14-1)87-69-105-97(89(87)73-41-17-3-18-42-73)101(79-53-29-9-30-54-79)83-61-65-85(66-62-83)103(81-57-33-11-34-58-81)99-93(77-49-25-7-26-50-77)91(75-45-21-5-22-46-75)95(107-99)96-92(76-47-23-6-24-48-76)94(78-51-27-8-28-52-78)100(108-96)104(82-59-35-12-36-60-82)86-67-63-84(64-68-86)102(80-55-31-10-32-56-80)98-90(74-43-19-4-20-44-74)88(70-106-98)72-39-15-2-16-40-72/h1-70H/q+2. The van der Waals surface area contributed by atoms with E-state index in [-0.39, 0.29) is 0 Å². The van der Waals surface area contributed by atoms with Gasteiger partial charge >= 0.3 is 0 Å². The average molecular weight is 1460 g/mol. The molecule has 108 heavy (non-hydrogen) atoms. The van der Waals surface area contributed by atoms with Gasteiger partial charge in [-0.05, 0) is 117 Å². The molecule has 0 amide bonds. The molecule has 2 aliphatic heterocycles. The van der Waals surface area contributed by atoms with Crippen LogP contribution in [0.5, 0.6) is 0 Å². The van der Waals surface area contributed by atoms with Gasteiger partial charge in [0, 0.05) is 125 Å². The summed E-state index contributed by atoms with van der Waals surface area (Å²) in [4.78, 5) is 7.20. The van der Waals surface area contributed by atoms with Crippen molar-refractivity contribution in [2.24, 2.45) is 0 Å². The quantitative estimate of drug-likeness (QED) is 0.0794. The van der Waals surface area contributed by atoms with Crippen LogP contribution in [-0.4, -0.2) is 10.1 Å². The van der Waals surface area contributed by atoms with Crippen LogP contribution in [0.4, 0.5) is 55.5 Å². The van der Waals surface area contributed by atoms with Gasteiger partial charge in [0.2, 0.25) is 22.7 Å². The number of hydrogen-bond acceptors (Lipinski definition) is 6. The fourth-order valence-electron chi connectivity index (χ4n) is 14.8. The summed E-state index contributed by atoms with van der Waals surface area (Å²) in [6, 6.07) is 150. The third-order valence-electron chi connectivity index (χ3n) is 19.7. The summed E-state index contributed by atoms with van der Waals surface area (Å²) in [6.07, 6.45) is 0. The Labute approximate surface area is 647 Å². The van der Waals surface area contributed by atoms with Crippen LogP contribution >= 0.6 is 46.2 Å². The second-order valence-corrected chi connectivity index (χ2v) is 30.0. The maximum atomic E-state index is 2.50. The molecule has 18 rings (SSSR count). The average Bonchev–Trinajstić information content (AvgIpc) is 1.56. The Kier molecular flexibility index (Phi) is 19.2. The molecule has 0 N–H and O–H groups in total. The number of thiophene rings is 2. The second-order valence-electron chi connectivity index (χ2n) is 26.3. The van der Waals surface area contributed by atoms with Crippen molar-refractivity contribution in [2.45, 2.75) is 0 Å². The van der Waals surface area contributed by atoms with E-state index in [9.17, 15) is 0 Å². The molecule has 512 valence electrons. The molecule has 4 nitrogen and oxygen atoms in total. The Balaban J connectivity index is 0.862. The first-order valence-corrected chi connectivity index (χ1v) is 39.7. The minimum Gasteiger partial charge on any atom is -0.301 e. The molecular formula is C100H70N4S4+2. The van der Waals surface area contributed by atoms with E-state index < -0.39 is 0 Å². The molecule has 0 unspecified atom stereocenters. The molecule has 0 atom stereocenters. The van der Waals surface area contributed by atoms with Crippen molar-refractivity contribution in [1.29, 1.82) is 0 Å². The Hall–Kier alpha value is -12.7. The smallest absolute Gasteiger partial charge is 0.259 e. The number of rotatable bonds is 18. The molecule has 0 saturated carbocycles. The van der Waals surface area contributed by atoms with E-state index in [1.165, 1.54) is 44.5 Å². The number of thioether (sulfide) groups is 2. The van der Waals surface area contributed by atoms with Gasteiger partial charge in [-0.3, -0.25) is 0 Å². The first-order chi connectivity index (χ1) is 53.7. The second kappa shape index (κ2) is 30.8. The lowest BCUT2D eigenvalue weighted by atomic mass is 9.91. The van der Waals surface area contributed by atoms with Crippen molar-refractivity contribution in [1.82, 2.24) is 9.15 Å². The molecule has 0 saturated heterocycles. The fraction of sp³-hybridized carbons (Fsp3) is 0. The number of allylic oxidation sites excluding steroid dienone is 2. The van der Waals surface area contributed by atoms with Crippen LogP contribution in [0.25, 0.3) is 66.8 Å². The van der Waals surface area contributed by atoms with Crippen molar-refractivity contribution < 1.29 is 0 Å². The van der Waals surface area contributed by atoms with Crippen LogP contribution < -0.4 is 19.0 Å². The monoisotopic (exact) mass is 1450 g/mol. The van der Waals surface area contributed by atoms with Gasteiger partial charge in [-0.25, -0.2) is 0 Å².